The summed E-state index contributed by atoms with van der Waals surface area (Å²) in [5.41, 5.74) is 2.20. The molecule has 37 heavy (non-hydrogen) atoms. The van der Waals surface area contributed by atoms with Crippen LogP contribution in [0.2, 0.25) is 0 Å². The zero-order chi connectivity index (χ0) is 26.1. The van der Waals surface area contributed by atoms with Crippen molar-refractivity contribution in [2.45, 2.75) is 31.6 Å². The molecule has 6 nitrogen and oxygen atoms in total. The second-order valence-corrected chi connectivity index (χ2v) is 10.00. The maximum atomic E-state index is 14.3. The van der Waals surface area contributed by atoms with Crippen LogP contribution in [0, 0.1) is 11.7 Å². The van der Waals surface area contributed by atoms with E-state index in [0.29, 0.717) is 22.7 Å². The Hall–Kier alpha value is -3.78. The quantitative estimate of drug-likeness (QED) is 0.313. The van der Waals surface area contributed by atoms with Crippen LogP contribution in [0.15, 0.2) is 77.3 Å². The molecule has 0 saturated heterocycles. The van der Waals surface area contributed by atoms with Gasteiger partial charge >= 0.3 is 5.97 Å². The lowest BCUT2D eigenvalue weighted by molar-refractivity contribution is -0.152. The number of carbonyl (C=O) groups excluding carboxylic acids is 3. The van der Waals surface area contributed by atoms with Gasteiger partial charge in [0, 0.05) is 40.1 Å². The zero-order valence-corrected chi connectivity index (χ0v) is 21.3. The van der Waals surface area contributed by atoms with E-state index in [1.807, 2.05) is 35.7 Å². The number of thiophene rings is 1. The number of hydrogen-bond donors (Lipinski definition) is 0. The first-order valence-corrected chi connectivity index (χ1v) is 13.0. The number of ether oxygens (including phenoxy) is 2. The van der Waals surface area contributed by atoms with Gasteiger partial charge in [-0.15, -0.1) is 11.3 Å². The van der Waals surface area contributed by atoms with Crippen LogP contribution >= 0.6 is 11.3 Å². The summed E-state index contributed by atoms with van der Waals surface area (Å²) in [5, 5.41) is 1.90. The minimum Gasteiger partial charge on any atom is -0.497 e. The first-order valence-electron chi connectivity index (χ1n) is 12.1. The van der Waals surface area contributed by atoms with Gasteiger partial charge in [0.05, 0.1) is 13.7 Å². The fourth-order valence-corrected chi connectivity index (χ4v) is 6.20. The topological polar surface area (TPSA) is 72.9 Å². The van der Waals surface area contributed by atoms with E-state index in [1.165, 1.54) is 40.5 Å². The van der Waals surface area contributed by atoms with E-state index in [9.17, 15) is 18.8 Å². The molecule has 0 bridgehead atoms. The number of amides is 1. The van der Waals surface area contributed by atoms with Gasteiger partial charge in [-0.1, -0.05) is 18.2 Å². The van der Waals surface area contributed by atoms with E-state index in [2.05, 4.69) is 0 Å². The van der Waals surface area contributed by atoms with Gasteiger partial charge in [0.1, 0.15) is 17.5 Å². The SMILES string of the molecule is CCOC(=O)[C@@H]1C(=O)C2=C(C[C@H]1c1cccs1)N(c1ccc(F)cc1)C(=O)C[C@H]2c1cccc(OC)c1. The fourth-order valence-electron chi connectivity index (χ4n) is 5.33. The molecular formula is C29H26FNO5S. The second kappa shape index (κ2) is 10.3. The van der Waals surface area contributed by atoms with Gasteiger partial charge in [-0.05, 0) is 66.8 Å². The van der Waals surface area contributed by atoms with Crippen molar-refractivity contribution in [3.8, 4) is 5.75 Å². The Morgan fingerprint density at radius 1 is 1.08 bits per heavy atom. The van der Waals surface area contributed by atoms with Crippen molar-refractivity contribution in [2.24, 2.45) is 5.92 Å². The molecule has 0 spiro atoms. The number of esters is 1. The van der Waals surface area contributed by atoms with Gasteiger partial charge in [-0.3, -0.25) is 19.3 Å². The fraction of sp³-hybridized carbons (Fsp3) is 0.276. The molecule has 1 amide bonds. The summed E-state index contributed by atoms with van der Waals surface area (Å²) < 4.78 is 24.5. The molecule has 1 aliphatic carbocycles. The summed E-state index contributed by atoms with van der Waals surface area (Å²) in [7, 11) is 1.56. The van der Waals surface area contributed by atoms with Crippen LogP contribution in [0.3, 0.4) is 0 Å². The van der Waals surface area contributed by atoms with Crippen LogP contribution in [0.1, 0.15) is 42.0 Å². The van der Waals surface area contributed by atoms with Gasteiger partial charge in [-0.2, -0.15) is 0 Å². The molecule has 3 aromatic rings. The number of benzene rings is 2. The molecule has 3 atom stereocenters. The molecule has 2 heterocycles. The Morgan fingerprint density at radius 3 is 2.54 bits per heavy atom. The second-order valence-electron chi connectivity index (χ2n) is 9.02. The van der Waals surface area contributed by atoms with Crippen LogP contribution in [-0.4, -0.2) is 31.4 Å². The highest BCUT2D eigenvalue weighted by Crippen LogP contribution is 2.50. The Morgan fingerprint density at radius 2 is 1.86 bits per heavy atom. The number of allylic oxidation sites excluding steroid dienone is 2. The minimum absolute atomic E-state index is 0.0222. The van der Waals surface area contributed by atoms with Gasteiger partial charge in [0.15, 0.2) is 5.78 Å². The minimum atomic E-state index is -1.02. The number of nitrogens with zero attached hydrogens (tertiary/aromatic N) is 1. The average molecular weight is 520 g/mol. The van der Waals surface area contributed by atoms with Crippen LogP contribution in [-0.2, 0) is 19.1 Å². The summed E-state index contributed by atoms with van der Waals surface area (Å²) >= 11 is 1.46. The largest absolute Gasteiger partial charge is 0.497 e. The van der Waals surface area contributed by atoms with Crippen LogP contribution < -0.4 is 9.64 Å². The lowest BCUT2D eigenvalue weighted by atomic mass is 9.69. The lowest BCUT2D eigenvalue weighted by Gasteiger charge is -2.42. The van der Waals surface area contributed by atoms with E-state index in [1.54, 1.807) is 20.1 Å². The van der Waals surface area contributed by atoms with Crippen LogP contribution in [0.5, 0.6) is 5.75 Å². The van der Waals surface area contributed by atoms with Gasteiger partial charge in [0.2, 0.25) is 5.91 Å². The third kappa shape index (κ3) is 4.57. The average Bonchev–Trinajstić information content (AvgIpc) is 3.44. The van der Waals surface area contributed by atoms with Crippen molar-refractivity contribution >= 4 is 34.7 Å². The first kappa shape index (κ1) is 24.9. The first-order chi connectivity index (χ1) is 17.9. The van der Waals surface area contributed by atoms with Gasteiger partial charge in [0.25, 0.3) is 0 Å². The molecule has 0 saturated carbocycles. The number of carbonyl (C=O) groups is 3. The summed E-state index contributed by atoms with van der Waals surface area (Å²) in [6, 6.07) is 16.7. The van der Waals surface area contributed by atoms with Gasteiger partial charge in [-0.25, -0.2) is 4.39 Å². The summed E-state index contributed by atoms with van der Waals surface area (Å²) in [6.45, 7) is 1.87. The van der Waals surface area contributed by atoms with Crippen LogP contribution in [0.25, 0.3) is 0 Å². The third-order valence-corrected chi connectivity index (χ3v) is 7.96. The lowest BCUT2D eigenvalue weighted by Crippen LogP contribution is -2.46. The molecule has 0 unspecified atom stereocenters. The highest BCUT2D eigenvalue weighted by Gasteiger charge is 2.50. The third-order valence-electron chi connectivity index (χ3n) is 6.95. The summed E-state index contributed by atoms with van der Waals surface area (Å²) in [4.78, 5) is 43.5. The van der Waals surface area contributed by atoms with Crippen molar-refractivity contribution in [3.63, 3.8) is 0 Å². The molecule has 0 N–H and O–H groups in total. The molecule has 1 aliphatic heterocycles. The molecule has 0 fully saturated rings. The molecule has 8 heteroatoms. The number of halogens is 1. The van der Waals surface area contributed by atoms with E-state index in [0.717, 1.165) is 10.4 Å². The Kier molecular flexibility index (Phi) is 6.93. The molecule has 190 valence electrons. The van der Waals surface area contributed by atoms with Crippen molar-refractivity contribution in [1.29, 1.82) is 0 Å². The Balaban J connectivity index is 1.71. The van der Waals surface area contributed by atoms with Crippen molar-refractivity contribution in [2.75, 3.05) is 18.6 Å². The molecule has 5 rings (SSSR count). The number of methoxy groups -OCH3 is 1. The van der Waals surface area contributed by atoms with E-state index >= 15 is 0 Å². The summed E-state index contributed by atoms with van der Waals surface area (Å²) in [5.74, 6) is -2.98. The van der Waals surface area contributed by atoms with Gasteiger partial charge < -0.3 is 9.47 Å². The molecule has 2 aliphatic rings. The number of rotatable bonds is 6. The normalized spacial score (nSPS) is 21.6. The standard InChI is InChI=1S/C29H26FNO5S/c1-3-36-29(34)27-22(24-8-5-13-37-24)15-23-26(28(27)33)21(17-6-4-7-20(14-17)35-2)16-25(32)31(23)19-11-9-18(30)10-12-19/h4-14,21-22,27H,3,15-16H2,1-2H3/t21-,22-,27-/m0/s1. The molecule has 0 radical (unpaired) electrons. The van der Waals surface area contributed by atoms with E-state index in [-0.39, 0.29) is 31.1 Å². The van der Waals surface area contributed by atoms with Crippen molar-refractivity contribution < 1.29 is 28.2 Å². The van der Waals surface area contributed by atoms with E-state index in [4.69, 9.17) is 9.47 Å². The molecule has 2 aromatic carbocycles. The Bertz CT molecular complexity index is 1370. The predicted octanol–water partition coefficient (Wildman–Crippen LogP) is 5.61. The number of anilines is 1. The maximum absolute atomic E-state index is 14.3. The molecule has 1 aromatic heterocycles. The highest BCUT2D eigenvalue weighted by atomic mass is 32.1. The smallest absolute Gasteiger partial charge is 0.317 e. The zero-order valence-electron chi connectivity index (χ0n) is 20.5. The number of hydrogen-bond acceptors (Lipinski definition) is 6. The maximum Gasteiger partial charge on any atom is 0.317 e. The van der Waals surface area contributed by atoms with Crippen molar-refractivity contribution in [3.05, 3.63) is 93.6 Å². The summed E-state index contributed by atoms with van der Waals surface area (Å²) in [6.07, 6.45) is 0.309. The van der Waals surface area contributed by atoms with Crippen molar-refractivity contribution in [1.82, 2.24) is 0 Å². The molecular weight excluding hydrogens is 493 g/mol. The van der Waals surface area contributed by atoms with E-state index < -0.39 is 29.5 Å². The van der Waals surface area contributed by atoms with Crippen LogP contribution in [0.4, 0.5) is 10.1 Å². The highest BCUT2D eigenvalue weighted by molar-refractivity contribution is 7.10. The predicted molar refractivity (Wildman–Crippen MR) is 138 cm³/mol. The number of Topliss-reactive ketones (excluding diaryl/α,β-unsaturated/α-hetero) is 1. The number of ketones is 1. The monoisotopic (exact) mass is 519 g/mol. The Labute approximate surface area is 218 Å².